The van der Waals surface area contributed by atoms with Crippen LogP contribution in [0.3, 0.4) is 0 Å². The fraction of sp³-hybridized carbons (Fsp3) is 0.292. The molecular formula is C24H23FN7OS. The molecule has 0 spiro atoms. The Balaban J connectivity index is 1.59. The van der Waals surface area contributed by atoms with E-state index in [1.807, 2.05) is 37.9 Å². The minimum atomic E-state index is -0.340. The van der Waals surface area contributed by atoms with Gasteiger partial charge in [-0.25, -0.2) is 14.4 Å². The molecule has 4 heterocycles. The molecule has 0 aliphatic carbocycles. The topological polar surface area (TPSA) is 93.6 Å². The predicted molar refractivity (Wildman–Crippen MR) is 129 cm³/mol. The predicted octanol–water partition coefficient (Wildman–Crippen LogP) is 4.70. The van der Waals surface area contributed by atoms with Crippen LogP contribution in [0.25, 0.3) is 16.9 Å². The van der Waals surface area contributed by atoms with Gasteiger partial charge < -0.3 is 14.9 Å². The van der Waals surface area contributed by atoms with Gasteiger partial charge in [0.25, 0.3) is 0 Å². The second-order valence-electron chi connectivity index (χ2n) is 8.16. The minimum Gasteiger partial charge on any atom is -0.385 e. The Labute approximate surface area is 200 Å². The number of aryl methyl sites for hydroxylation is 1. The van der Waals surface area contributed by atoms with Gasteiger partial charge in [0, 0.05) is 19.2 Å². The van der Waals surface area contributed by atoms with E-state index in [1.165, 1.54) is 23.5 Å². The number of fused-ring (bicyclic) bond motifs is 1. The number of hydrogen-bond acceptors (Lipinski definition) is 8. The zero-order valence-electron chi connectivity index (χ0n) is 19.0. The van der Waals surface area contributed by atoms with E-state index in [0.29, 0.717) is 52.4 Å². The number of nitrogens with zero attached hydrogens (tertiary/aromatic N) is 7. The van der Waals surface area contributed by atoms with Crippen molar-refractivity contribution >= 4 is 33.8 Å². The molecule has 1 radical (unpaired) electrons. The van der Waals surface area contributed by atoms with Crippen LogP contribution in [0, 0.1) is 23.3 Å². The van der Waals surface area contributed by atoms with E-state index in [4.69, 9.17) is 15.1 Å². The fourth-order valence-corrected chi connectivity index (χ4v) is 5.08. The Morgan fingerprint density at radius 2 is 2.00 bits per heavy atom. The van der Waals surface area contributed by atoms with Crippen LogP contribution in [0.5, 0.6) is 0 Å². The Hall–Kier alpha value is -3.55. The van der Waals surface area contributed by atoms with Gasteiger partial charge in [-0.15, -0.1) is 5.10 Å². The van der Waals surface area contributed by atoms with Gasteiger partial charge in [-0.05, 0) is 56.2 Å². The molecule has 173 valence electrons. The quantitative estimate of drug-likeness (QED) is 0.446. The van der Waals surface area contributed by atoms with Crippen LogP contribution < -0.4 is 9.80 Å². The van der Waals surface area contributed by atoms with Gasteiger partial charge in [-0.3, -0.25) is 0 Å². The van der Waals surface area contributed by atoms with Gasteiger partial charge in [0.05, 0.1) is 11.7 Å². The average Bonchev–Trinajstić information content (AvgIpc) is 3.54. The van der Waals surface area contributed by atoms with E-state index in [2.05, 4.69) is 11.0 Å². The summed E-state index contributed by atoms with van der Waals surface area (Å²) in [6.45, 7) is 4.69. The molecule has 5 rings (SSSR count). The number of halogens is 1. The van der Waals surface area contributed by atoms with Crippen molar-refractivity contribution in [2.75, 3.05) is 23.4 Å². The molecule has 0 saturated carbocycles. The summed E-state index contributed by atoms with van der Waals surface area (Å²) >= 11 is 1.27. The maximum absolute atomic E-state index is 13.4. The van der Waals surface area contributed by atoms with Gasteiger partial charge >= 0.3 is 0 Å². The summed E-state index contributed by atoms with van der Waals surface area (Å²) in [4.78, 5) is 13.9. The van der Waals surface area contributed by atoms with Crippen molar-refractivity contribution in [3.63, 3.8) is 0 Å². The maximum atomic E-state index is 13.4. The number of aliphatic hydroxyl groups is 1. The van der Waals surface area contributed by atoms with Crippen molar-refractivity contribution in [1.29, 1.82) is 5.26 Å². The van der Waals surface area contributed by atoms with Crippen LogP contribution in [0.15, 0.2) is 36.4 Å². The van der Waals surface area contributed by atoms with Gasteiger partial charge in [0.15, 0.2) is 16.6 Å². The third-order valence-electron chi connectivity index (χ3n) is 6.14. The third-order valence-corrected chi connectivity index (χ3v) is 7.17. The third kappa shape index (κ3) is 3.67. The highest BCUT2D eigenvalue weighted by Gasteiger charge is 2.31. The molecule has 1 fully saturated rings. The monoisotopic (exact) mass is 476 g/mol. The van der Waals surface area contributed by atoms with Crippen molar-refractivity contribution in [2.45, 2.75) is 32.7 Å². The zero-order valence-corrected chi connectivity index (χ0v) is 19.8. The molecule has 0 amide bonds. The Morgan fingerprint density at radius 3 is 2.65 bits per heavy atom. The van der Waals surface area contributed by atoms with Crippen LogP contribution >= 0.6 is 11.3 Å². The number of anilines is 3. The number of aromatic nitrogens is 4. The van der Waals surface area contributed by atoms with Gasteiger partial charge in [-0.1, -0.05) is 18.3 Å². The molecular weight excluding hydrogens is 453 g/mol. The number of hydrogen-bond donors (Lipinski definition) is 1. The van der Waals surface area contributed by atoms with Crippen LogP contribution in [0.2, 0.25) is 0 Å². The van der Waals surface area contributed by atoms with Crippen molar-refractivity contribution in [3.8, 4) is 17.3 Å². The smallest absolute Gasteiger partial charge is 0.192 e. The standard InChI is InChI=1S/C24H23FN7OS/c1-4-17-23(32-20(27-17)9-10-21(29-32)31-12-11-18(33)14(31)2)30(3)24-28-22(19(13-26)34-24)15-5-7-16(25)8-6-15/h5-10,14,33H,4,11-12H2,1-3H3. The Morgan fingerprint density at radius 1 is 1.24 bits per heavy atom. The number of benzene rings is 1. The molecule has 1 N–H and O–H groups in total. The van der Waals surface area contributed by atoms with Crippen LogP contribution in [0.4, 0.5) is 21.2 Å². The van der Waals surface area contributed by atoms with Crippen molar-refractivity contribution in [2.24, 2.45) is 0 Å². The maximum Gasteiger partial charge on any atom is 0.192 e. The first kappa shape index (κ1) is 22.3. The lowest BCUT2D eigenvalue weighted by Gasteiger charge is -2.23. The van der Waals surface area contributed by atoms with E-state index in [1.54, 1.807) is 16.6 Å². The van der Waals surface area contributed by atoms with Crippen molar-refractivity contribution in [3.05, 3.63) is 58.9 Å². The van der Waals surface area contributed by atoms with E-state index in [-0.39, 0.29) is 11.9 Å². The molecule has 3 aromatic heterocycles. The van der Waals surface area contributed by atoms with Crippen LogP contribution in [-0.2, 0) is 6.42 Å². The molecule has 1 atom stereocenters. The molecule has 34 heavy (non-hydrogen) atoms. The summed E-state index contributed by atoms with van der Waals surface area (Å²) < 4.78 is 15.2. The molecule has 1 aliphatic rings. The summed E-state index contributed by atoms with van der Waals surface area (Å²) in [6.07, 6.45) is 1.77. The SMILES string of the molecule is CCc1nc2ccc(N3CC[C](O)C3C)nn2c1N(C)c1nc(-c2ccc(F)cc2)c(C#N)s1. The number of imidazole rings is 1. The number of thiazole rings is 1. The fourth-order valence-electron chi connectivity index (χ4n) is 4.24. The summed E-state index contributed by atoms with van der Waals surface area (Å²) in [6, 6.07) is 11.9. The number of rotatable bonds is 5. The van der Waals surface area contributed by atoms with Gasteiger partial charge in [-0.2, -0.15) is 9.78 Å². The molecule has 1 saturated heterocycles. The summed E-state index contributed by atoms with van der Waals surface area (Å²) in [5.74, 6) is 1.18. The molecule has 10 heteroatoms. The largest absolute Gasteiger partial charge is 0.385 e. The summed E-state index contributed by atoms with van der Waals surface area (Å²) in [7, 11) is 1.88. The van der Waals surface area contributed by atoms with E-state index in [9.17, 15) is 14.8 Å². The lowest BCUT2D eigenvalue weighted by atomic mass is 10.1. The first-order valence-corrected chi connectivity index (χ1v) is 11.8. The molecule has 1 aliphatic heterocycles. The number of aliphatic hydroxyl groups excluding tert-OH is 1. The van der Waals surface area contributed by atoms with Crippen LogP contribution in [-0.4, -0.2) is 44.3 Å². The molecule has 0 bridgehead atoms. The molecule has 8 nitrogen and oxygen atoms in total. The second kappa shape index (κ2) is 8.66. The van der Waals surface area contributed by atoms with Gasteiger partial charge in [0.1, 0.15) is 34.4 Å². The molecule has 4 aromatic rings. The Kier molecular flexibility index (Phi) is 5.67. The highest BCUT2D eigenvalue weighted by atomic mass is 32.1. The minimum absolute atomic E-state index is 0.101. The van der Waals surface area contributed by atoms with E-state index < -0.39 is 0 Å². The first-order valence-electron chi connectivity index (χ1n) is 11.0. The first-order chi connectivity index (χ1) is 16.4. The second-order valence-corrected chi connectivity index (χ2v) is 9.14. The highest BCUT2D eigenvalue weighted by Crippen LogP contribution is 2.37. The number of nitriles is 1. The zero-order chi connectivity index (χ0) is 24.0. The van der Waals surface area contributed by atoms with Crippen molar-refractivity contribution < 1.29 is 9.50 Å². The van der Waals surface area contributed by atoms with E-state index >= 15 is 0 Å². The van der Waals surface area contributed by atoms with Crippen molar-refractivity contribution in [1.82, 2.24) is 19.6 Å². The highest BCUT2D eigenvalue weighted by molar-refractivity contribution is 7.16. The van der Waals surface area contributed by atoms with E-state index in [0.717, 1.165) is 17.3 Å². The average molecular weight is 477 g/mol. The summed E-state index contributed by atoms with van der Waals surface area (Å²) in [5, 5.41) is 25.3. The van der Waals surface area contributed by atoms with Gasteiger partial charge in [0.2, 0.25) is 0 Å². The lowest BCUT2D eigenvalue weighted by Crippen LogP contribution is -2.30. The van der Waals surface area contributed by atoms with Crippen LogP contribution in [0.1, 0.15) is 30.8 Å². The molecule has 1 aromatic carbocycles. The normalized spacial score (nSPS) is 16.4. The molecule has 1 unspecified atom stereocenters. The summed E-state index contributed by atoms with van der Waals surface area (Å²) in [5.41, 5.74) is 2.76. The Bertz CT molecular complexity index is 1390. The lowest BCUT2D eigenvalue weighted by molar-refractivity contribution is 0.283.